The molecule has 5 aliphatic rings. The standard InChI is InChI=1S/C105H88N14/c1-60-54-63(4)92(64(5)55-60)100-86-46-44-84(112-86)99(85-45-47-87(113-85)101(93-65(6)56-61(2)57-66(93)7)89-49-51-91(115-89)102(90-50-48-88(100)114-90)94-67(8)58-62(3)59-68(94)9)73-30-34-75(35-31-73)107-104-116-103(117-105(118-104)119-52-20-13-21-53-119)106-74-32-28-72(29-33-74)98-82-42-40-80(110-82)96(70-24-16-11-17-25-70)78-38-36-76(108-78)95(69-22-14-10-15-23-69)77-37-39-79(109-77)97(71-26-18-12-19-27-71)81-41-43-83(98)111-81/h10-12,14-19,22-51,54-59,108,111-112,115H,13,20-21,52-53H2,1-9H3,(H2,106,107,116,117,118). The lowest BCUT2D eigenvalue weighted by Gasteiger charge is -2.27. The summed E-state index contributed by atoms with van der Waals surface area (Å²) >= 11 is 0. The van der Waals surface area contributed by atoms with Crippen LogP contribution in [0.4, 0.5) is 29.2 Å². The highest BCUT2D eigenvalue weighted by Gasteiger charge is 2.27. The summed E-state index contributed by atoms with van der Waals surface area (Å²) in [6, 6.07) is 79.9. The third kappa shape index (κ3) is 13.8. The molecule has 5 aliphatic heterocycles. The van der Waals surface area contributed by atoms with E-state index in [2.05, 4.69) is 371 Å². The van der Waals surface area contributed by atoms with Crippen molar-refractivity contribution >= 4 is 122 Å². The summed E-state index contributed by atoms with van der Waals surface area (Å²) in [5, 5.41) is 7.28. The molecule has 578 valence electrons. The number of nitrogens with zero attached hydrogens (tertiary/aromatic N) is 8. The van der Waals surface area contributed by atoms with Gasteiger partial charge in [0, 0.05) is 113 Å². The molecule has 0 aliphatic carbocycles. The van der Waals surface area contributed by atoms with Crippen LogP contribution in [0.1, 0.15) is 115 Å². The first-order chi connectivity index (χ1) is 58.1. The van der Waals surface area contributed by atoms with Crippen LogP contribution in [0.25, 0.3) is 182 Å². The first-order valence-electron chi connectivity index (χ1n) is 41.1. The van der Waals surface area contributed by atoms with Crippen molar-refractivity contribution in [2.75, 3.05) is 28.6 Å². The van der Waals surface area contributed by atoms with E-state index in [9.17, 15) is 0 Å². The number of nitrogens with one attached hydrogen (secondary N) is 6. The van der Waals surface area contributed by atoms with Gasteiger partial charge in [-0.2, -0.15) is 15.0 Å². The zero-order valence-corrected chi connectivity index (χ0v) is 68.1. The van der Waals surface area contributed by atoms with Crippen molar-refractivity contribution in [3.63, 3.8) is 0 Å². The number of rotatable bonds is 13. The Labute approximate surface area is 691 Å². The molecule has 6 N–H and O–H groups in total. The Morgan fingerprint density at radius 1 is 0.235 bits per heavy atom. The van der Waals surface area contributed by atoms with Crippen molar-refractivity contribution in [3.8, 4) is 89.0 Å². The fraction of sp³-hybridized carbons (Fsp3) is 0.133. The van der Waals surface area contributed by atoms with Gasteiger partial charge >= 0.3 is 0 Å². The van der Waals surface area contributed by atoms with E-state index in [1.54, 1.807) is 0 Å². The van der Waals surface area contributed by atoms with Gasteiger partial charge in [-0.15, -0.1) is 0 Å². The van der Waals surface area contributed by atoms with E-state index in [0.717, 1.165) is 217 Å². The lowest BCUT2D eigenvalue weighted by atomic mass is 9.92. The van der Waals surface area contributed by atoms with Crippen LogP contribution in [0.15, 0.2) is 224 Å². The highest BCUT2D eigenvalue weighted by molar-refractivity contribution is 6.04. The van der Waals surface area contributed by atoms with Crippen molar-refractivity contribution in [2.45, 2.75) is 81.6 Å². The van der Waals surface area contributed by atoms with Gasteiger partial charge in [-0.1, -0.05) is 168 Å². The zero-order chi connectivity index (χ0) is 80.7. The molecule has 1 saturated heterocycles. The fourth-order valence-corrected chi connectivity index (χ4v) is 18.7. The third-order valence-corrected chi connectivity index (χ3v) is 23.6. The Morgan fingerprint density at radius 2 is 0.471 bits per heavy atom. The molecule has 0 unspecified atom stereocenters. The van der Waals surface area contributed by atoms with E-state index in [-0.39, 0.29) is 0 Å². The van der Waals surface area contributed by atoms with Crippen molar-refractivity contribution in [2.24, 2.45) is 0 Å². The lowest BCUT2D eigenvalue weighted by molar-refractivity contribution is 0.568. The van der Waals surface area contributed by atoms with Gasteiger partial charge in [0.2, 0.25) is 17.8 Å². The molecule has 0 spiro atoms. The second-order valence-corrected chi connectivity index (χ2v) is 32.2. The minimum absolute atomic E-state index is 0.416. The lowest BCUT2D eigenvalue weighted by Crippen LogP contribution is -2.31. The first-order valence-corrected chi connectivity index (χ1v) is 41.1. The van der Waals surface area contributed by atoms with Crippen LogP contribution in [0.2, 0.25) is 0 Å². The SMILES string of the molecule is Cc1cc(C)c(-c2c3nc(c(-c4c(C)cc(C)cc4C)c4ccc([nH]4)c(-c4c(C)cc(C)cc4C)c4nc(c(-c5ccc(Nc6nc(Nc7ccc(-c8c9nc(c(-c%10ccccc%10)c%10ccc([nH]%10)c(-c%10ccccc%10)c%10nc(c(-c%11ccccc%11)c%11ccc8[nH]%11)C=C%10)C=C9)cc7)nc(N7CCCCC7)n6)cc5)c5ccc2[nH]5)C=C4)C=C3)c(C)c1. The average molecular weight is 1550 g/mol. The molecule has 8 aromatic carbocycles. The van der Waals surface area contributed by atoms with E-state index < -0.39 is 0 Å². The summed E-state index contributed by atoms with van der Waals surface area (Å²) in [7, 11) is 0. The van der Waals surface area contributed by atoms with E-state index in [0.29, 0.717) is 17.8 Å². The molecular formula is C105H88N14. The maximum absolute atomic E-state index is 5.75. The maximum Gasteiger partial charge on any atom is 0.233 e. The number of H-pyrrole nitrogens is 4. The summed E-state index contributed by atoms with van der Waals surface area (Å²) in [6.07, 6.45) is 20.6. The minimum atomic E-state index is 0.416. The summed E-state index contributed by atoms with van der Waals surface area (Å²) in [5.41, 5.74) is 43.3. The third-order valence-electron chi connectivity index (χ3n) is 23.6. The molecule has 0 amide bonds. The molecule has 12 heterocycles. The molecule has 14 heteroatoms. The Hall–Kier alpha value is -14.6. The summed E-state index contributed by atoms with van der Waals surface area (Å²) < 4.78 is 0. The first kappa shape index (κ1) is 73.3. The van der Waals surface area contributed by atoms with Gasteiger partial charge in [0.25, 0.3) is 0 Å². The van der Waals surface area contributed by atoms with E-state index in [1.807, 2.05) is 0 Å². The topological polar surface area (TPSA) is 181 Å². The number of piperidine rings is 1. The van der Waals surface area contributed by atoms with Crippen LogP contribution in [0.5, 0.6) is 0 Å². The molecule has 0 saturated carbocycles. The van der Waals surface area contributed by atoms with Gasteiger partial charge in [0.15, 0.2) is 0 Å². The van der Waals surface area contributed by atoms with Gasteiger partial charge < -0.3 is 35.5 Å². The number of aromatic amines is 4. The molecule has 7 aromatic heterocycles. The number of benzene rings is 8. The molecule has 0 atom stereocenters. The second kappa shape index (κ2) is 30.2. The van der Waals surface area contributed by atoms with E-state index >= 15 is 0 Å². The molecule has 0 radical (unpaired) electrons. The van der Waals surface area contributed by atoms with Crippen LogP contribution in [-0.2, 0) is 0 Å². The average Bonchev–Trinajstić information content (AvgIpc) is 1.61. The van der Waals surface area contributed by atoms with Crippen LogP contribution in [0, 0.1) is 62.3 Å². The molecule has 119 heavy (non-hydrogen) atoms. The van der Waals surface area contributed by atoms with E-state index in [1.165, 1.54) is 55.6 Å². The second-order valence-electron chi connectivity index (χ2n) is 32.2. The van der Waals surface area contributed by atoms with Gasteiger partial charge in [-0.05, 0) is 281 Å². The normalized spacial score (nSPS) is 12.9. The number of hydrogen-bond donors (Lipinski definition) is 6. The number of aryl methyl sites for hydroxylation is 9. The van der Waals surface area contributed by atoms with Gasteiger partial charge in [-0.3, -0.25) is 0 Å². The van der Waals surface area contributed by atoms with E-state index in [4.69, 9.17) is 34.9 Å². The predicted molar refractivity (Wildman–Crippen MR) is 496 cm³/mol. The zero-order valence-electron chi connectivity index (χ0n) is 68.1. The number of hydrogen-bond acceptors (Lipinski definition) is 10. The maximum atomic E-state index is 5.75. The Kier molecular flexibility index (Phi) is 18.6. The number of aromatic nitrogens is 11. The summed E-state index contributed by atoms with van der Waals surface area (Å²) in [4.78, 5) is 56.2. The molecule has 1 fully saturated rings. The van der Waals surface area contributed by atoms with Gasteiger partial charge in [0.1, 0.15) is 0 Å². The summed E-state index contributed by atoms with van der Waals surface area (Å²) in [5.74, 6) is 1.44. The Morgan fingerprint density at radius 3 is 0.731 bits per heavy atom. The van der Waals surface area contributed by atoms with Crippen LogP contribution in [0.3, 0.4) is 0 Å². The Balaban J connectivity index is 0.700. The minimum Gasteiger partial charge on any atom is -0.354 e. The number of anilines is 5. The smallest absolute Gasteiger partial charge is 0.233 e. The van der Waals surface area contributed by atoms with Crippen molar-refractivity contribution < 1.29 is 0 Å². The summed E-state index contributed by atoms with van der Waals surface area (Å²) in [6.45, 7) is 21.5. The molecule has 14 nitrogen and oxygen atoms in total. The van der Waals surface area contributed by atoms with Crippen molar-refractivity contribution in [1.29, 1.82) is 0 Å². The monoisotopic (exact) mass is 1540 g/mol. The highest BCUT2D eigenvalue weighted by atomic mass is 15.3. The molecule has 15 aromatic rings. The van der Waals surface area contributed by atoms with Gasteiger partial charge in [-0.25, -0.2) is 19.9 Å². The van der Waals surface area contributed by atoms with Crippen LogP contribution >= 0.6 is 0 Å². The fourth-order valence-electron chi connectivity index (χ4n) is 18.7. The van der Waals surface area contributed by atoms with Crippen LogP contribution in [-0.4, -0.2) is 67.9 Å². The predicted octanol–water partition coefficient (Wildman–Crippen LogP) is 26.4. The van der Waals surface area contributed by atoms with Crippen molar-refractivity contribution in [3.05, 3.63) is 320 Å². The number of fused-ring (bicyclic) bond motifs is 16. The molecule has 20 rings (SSSR count). The van der Waals surface area contributed by atoms with Crippen molar-refractivity contribution in [1.82, 2.24) is 54.8 Å². The largest absolute Gasteiger partial charge is 0.354 e. The van der Waals surface area contributed by atoms with Gasteiger partial charge in [0.05, 0.1) is 45.6 Å². The van der Waals surface area contributed by atoms with Crippen LogP contribution < -0.4 is 15.5 Å². The molecule has 16 bridgehead atoms. The quantitative estimate of drug-likeness (QED) is 0.0650. The Bertz CT molecular complexity index is 6980. The molecular weight excluding hydrogens is 1460 g/mol. The highest BCUT2D eigenvalue weighted by Crippen LogP contribution is 2.45.